The van der Waals surface area contributed by atoms with Crippen molar-refractivity contribution in [1.82, 2.24) is 15.2 Å². The SMILES string of the molecule is C=CCNc1cnnc(Nc2c(F)cccc2F)n1. The van der Waals surface area contributed by atoms with E-state index in [1.54, 1.807) is 6.08 Å². The van der Waals surface area contributed by atoms with E-state index in [2.05, 4.69) is 32.4 Å². The molecule has 1 aromatic carbocycles. The zero-order chi connectivity index (χ0) is 13.7. The number of halogens is 2. The average molecular weight is 263 g/mol. The number of hydrogen-bond acceptors (Lipinski definition) is 5. The smallest absolute Gasteiger partial charge is 0.249 e. The molecule has 0 radical (unpaired) electrons. The van der Waals surface area contributed by atoms with Gasteiger partial charge >= 0.3 is 0 Å². The maximum Gasteiger partial charge on any atom is 0.249 e. The third-order valence-corrected chi connectivity index (χ3v) is 2.19. The van der Waals surface area contributed by atoms with Crippen molar-refractivity contribution >= 4 is 17.5 Å². The molecule has 7 heteroatoms. The molecule has 0 aliphatic heterocycles. The summed E-state index contributed by atoms with van der Waals surface area (Å²) in [6.07, 6.45) is 3.04. The summed E-state index contributed by atoms with van der Waals surface area (Å²) in [5.74, 6) is -1.03. The highest BCUT2D eigenvalue weighted by Crippen LogP contribution is 2.21. The van der Waals surface area contributed by atoms with E-state index < -0.39 is 11.6 Å². The standard InChI is InChI=1S/C12H11F2N5/c1-2-6-15-10-7-16-19-12(17-10)18-11-8(13)4-3-5-9(11)14/h2-5,7H,1,6H2,(H2,15,17,18,19). The molecule has 0 atom stereocenters. The van der Waals surface area contributed by atoms with Crippen molar-refractivity contribution in [2.75, 3.05) is 17.2 Å². The Labute approximate surface area is 108 Å². The average Bonchev–Trinajstić information content (AvgIpc) is 2.41. The fourth-order valence-electron chi connectivity index (χ4n) is 1.35. The number of rotatable bonds is 5. The van der Waals surface area contributed by atoms with Gasteiger partial charge in [0.25, 0.3) is 0 Å². The van der Waals surface area contributed by atoms with Crippen LogP contribution in [0.5, 0.6) is 0 Å². The molecule has 0 bridgehead atoms. The highest BCUT2D eigenvalue weighted by Gasteiger charge is 2.10. The van der Waals surface area contributed by atoms with Gasteiger partial charge in [-0.15, -0.1) is 11.7 Å². The summed E-state index contributed by atoms with van der Waals surface area (Å²) in [4.78, 5) is 4.01. The maximum atomic E-state index is 13.4. The van der Waals surface area contributed by atoms with Gasteiger partial charge < -0.3 is 10.6 Å². The Bertz CT molecular complexity index is 568. The van der Waals surface area contributed by atoms with E-state index in [4.69, 9.17) is 0 Å². The Balaban J connectivity index is 2.21. The first-order chi connectivity index (χ1) is 9.20. The first kappa shape index (κ1) is 12.9. The highest BCUT2D eigenvalue weighted by atomic mass is 19.1. The molecule has 1 aromatic heterocycles. The summed E-state index contributed by atoms with van der Waals surface area (Å²) < 4.78 is 26.9. The van der Waals surface area contributed by atoms with Crippen LogP contribution in [-0.4, -0.2) is 21.7 Å². The largest absolute Gasteiger partial charge is 0.365 e. The van der Waals surface area contributed by atoms with Gasteiger partial charge in [0.05, 0.1) is 6.20 Å². The second-order valence-electron chi connectivity index (χ2n) is 3.56. The number of benzene rings is 1. The quantitative estimate of drug-likeness (QED) is 0.811. The predicted molar refractivity (Wildman–Crippen MR) is 68.2 cm³/mol. The van der Waals surface area contributed by atoms with Crippen LogP contribution in [0.3, 0.4) is 0 Å². The molecule has 0 amide bonds. The van der Waals surface area contributed by atoms with Gasteiger partial charge in [-0.25, -0.2) is 8.78 Å². The molecular formula is C12H11F2N5. The normalized spacial score (nSPS) is 10.0. The lowest BCUT2D eigenvalue weighted by atomic mass is 10.3. The molecule has 2 aromatic rings. The van der Waals surface area contributed by atoms with Gasteiger partial charge in [0, 0.05) is 6.54 Å². The Morgan fingerprint density at radius 1 is 1.26 bits per heavy atom. The number of nitrogens with zero attached hydrogens (tertiary/aromatic N) is 3. The second-order valence-corrected chi connectivity index (χ2v) is 3.56. The van der Waals surface area contributed by atoms with Crippen molar-refractivity contribution in [3.63, 3.8) is 0 Å². The minimum absolute atomic E-state index is 0.00179. The predicted octanol–water partition coefficient (Wildman–Crippen LogP) is 2.49. The molecular weight excluding hydrogens is 252 g/mol. The summed E-state index contributed by atoms with van der Waals surface area (Å²) in [7, 11) is 0. The van der Waals surface area contributed by atoms with Gasteiger partial charge in [-0.1, -0.05) is 12.1 Å². The molecule has 0 saturated carbocycles. The molecule has 0 unspecified atom stereocenters. The summed E-state index contributed by atoms with van der Waals surface area (Å²) in [5, 5.41) is 12.7. The number of anilines is 3. The fourth-order valence-corrected chi connectivity index (χ4v) is 1.35. The third-order valence-electron chi connectivity index (χ3n) is 2.19. The lowest BCUT2D eigenvalue weighted by Crippen LogP contribution is -2.06. The zero-order valence-corrected chi connectivity index (χ0v) is 9.90. The molecule has 0 fully saturated rings. The molecule has 1 heterocycles. The van der Waals surface area contributed by atoms with Crippen LogP contribution in [0.2, 0.25) is 0 Å². The lowest BCUT2D eigenvalue weighted by Gasteiger charge is -2.07. The molecule has 19 heavy (non-hydrogen) atoms. The van der Waals surface area contributed by atoms with E-state index in [0.717, 1.165) is 12.1 Å². The van der Waals surface area contributed by atoms with Gasteiger partial charge in [-0.05, 0) is 12.1 Å². The number of para-hydroxylation sites is 1. The van der Waals surface area contributed by atoms with E-state index in [1.165, 1.54) is 12.3 Å². The fraction of sp³-hybridized carbons (Fsp3) is 0.0833. The van der Waals surface area contributed by atoms with Crippen LogP contribution in [0.25, 0.3) is 0 Å². The number of aromatic nitrogens is 3. The topological polar surface area (TPSA) is 62.7 Å². The molecule has 0 spiro atoms. The summed E-state index contributed by atoms with van der Waals surface area (Å²) in [5.41, 5.74) is -0.315. The molecule has 98 valence electrons. The molecule has 2 N–H and O–H groups in total. The third kappa shape index (κ3) is 3.21. The van der Waals surface area contributed by atoms with Crippen LogP contribution >= 0.6 is 0 Å². The maximum absolute atomic E-state index is 13.4. The lowest BCUT2D eigenvalue weighted by molar-refractivity contribution is 0.590. The van der Waals surface area contributed by atoms with E-state index in [9.17, 15) is 8.78 Å². The summed E-state index contributed by atoms with van der Waals surface area (Å²) >= 11 is 0. The van der Waals surface area contributed by atoms with Gasteiger partial charge in [-0.2, -0.15) is 10.1 Å². The summed E-state index contributed by atoms with van der Waals surface area (Å²) in [6.45, 7) is 4.04. The highest BCUT2D eigenvalue weighted by molar-refractivity contribution is 5.55. The van der Waals surface area contributed by atoms with Crippen LogP contribution in [-0.2, 0) is 0 Å². The van der Waals surface area contributed by atoms with Crippen molar-refractivity contribution in [3.05, 3.63) is 48.7 Å². The number of hydrogen-bond donors (Lipinski definition) is 2. The Morgan fingerprint density at radius 2 is 2.00 bits per heavy atom. The van der Waals surface area contributed by atoms with Crippen LogP contribution in [0.1, 0.15) is 0 Å². The van der Waals surface area contributed by atoms with Crippen molar-refractivity contribution in [3.8, 4) is 0 Å². The monoisotopic (exact) mass is 263 g/mol. The van der Waals surface area contributed by atoms with E-state index in [-0.39, 0.29) is 11.6 Å². The van der Waals surface area contributed by atoms with Crippen LogP contribution in [0.4, 0.5) is 26.2 Å². The molecule has 0 saturated heterocycles. The zero-order valence-electron chi connectivity index (χ0n) is 9.90. The minimum atomic E-state index is -0.729. The first-order valence-corrected chi connectivity index (χ1v) is 5.46. The van der Waals surface area contributed by atoms with Crippen LogP contribution < -0.4 is 10.6 Å². The number of nitrogens with one attached hydrogen (secondary N) is 2. The molecule has 0 aliphatic carbocycles. The van der Waals surface area contributed by atoms with E-state index in [0.29, 0.717) is 12.4 Å². The van der Waals surface area contributed by atoms with Crippen molar-refractivity contribution < 1.29 is 8.78 Å². The van der Waals surface area contributed by atoms with E-state index >= 15 is 0 Å². The van der Waals surface area contributed by atoms with Gasteiger partial charge in [0.2, 0.25) is 5.95 Å². The molecule has 5 nitrogen and oxygen atoms in total. The molecule has 2 rings (SSSR count). The van der Waals surface area contributed by atoms with E-state index in [1.807, 2.05) is 0 Å². The van der Waals surface area contributed by atoms with Crippen LogP contribution in [0.15, 0.2) is 37.1 Å². The summed E-state index contributed by atoms with van der Waals surface area (Å²) in [6, 6.07) is 3.55. The van der Waals surface area contributed by atoms with Crippen molar-refractivity contribution in [2.45, 2.75) is 0 Å². The van der Waals surface area contributed by atoms with Gasteiger partial charge in [0.15, 0.2) is 5.82 Å². The van der Waals surface area contributed by atoms with Crippen LogP contribution in [0, 0.1) is 11.6 Å². The van der Waals surface area contributed by atoms with Gasteiger partial charge in [-0.3, -0.25) is 0 Å². The first-order valence-electron chi connectivity index (χ1n) is 5.46. The van der Waals surface area contributed by atoms with Gasteiger partial charge in [0.1, 0.15) is 17.3 Å². The molecule has 0 aliphatic rings. The van der Waals surface area contributed by atoms with Crippen molar-refractivity contribution in [1.29, 1.82) is 0 Å². The Hall–Kier alpha value is -2.57. The Kier molecular flexibility index (Phi) is 3.97. The Morgan fingerprint density at radius 3 is 2.68 bits per heavy atom. The second kappa shape index (κ2) is 5.85. The van der Waals surface area contributed by atoms with Crippen molar-refractivity contribution in [2.24, 2.45) is 0 Å². The minimum Gasteiger partial charge on any atom is -0.365 e.